The molecule has 3 rings (SSSR count). The van der Waals surface area contributed by atoms with Gasteiger partial charge in [-0.1, -0.05) is 19.4 Å². The Balaban J connectivity index is 2.18. The zero-order chi connectivity index (χ0) is 14.3. The SMILES string of the molecule is CC[S@](=O)c1c(C2CCC2)ccc(C(=O)O)c1C1CC1. The normalized spacial score (nSPS) is 20.4. The van der Waals surface area contributed by atoms with Crippen molar-refractivity contribution in [1.82, 2.24) is 0 Å². The fourth-order valence-corrected chi connectivity index (χ4v) is 4.33. The molecule has 2 fully saturated rings. The minimum Gasteiger partial charge on any atom is -0.478 e. The second kappa shape index (κ2) is 5.32. The second-order valence-corrected chi connectivity index (χ2v) is 7.46. The van der Waals surface area contributed by atoms with E-state index >= 15 is 0 Å². The number of aromatic carboxylic acids is 1. The molecule has 2 saturated carbocycles. The van der Waals surface area contributed by atoms with E-state index in [0.717, 1.165) is 41.7 Å². The smallest absolute Gasteiger partial charge is 0.336 e. The first-order chi connectivity index (χ1) is 9.63. The first-order valence-corrected chi connectivity index (χ1v) is 8.73. The van der Waals surface area contributed by atoms with Crippen LogP contribution in [0.25, 0.3) is 0 Å². The van der Waals surface area contributed by atoms with Crippen LogP contribution < -0.4 is 0 Å². The molecule has 0 spiro atoms. The summed E-state index contributed by atoms with van der Waals surface area (Å²) in [5.41, 5.74) is 2.40. The molecule has 1 aromatic rings. The predicted octanol–water partition coefficient (Wildman–Crippen LogP) is 3.66. The third-order valence-corrected chi connectivity index (χ3v) is 5.91. The molecule has 1 aromatic carbocycles. The van der Waals surface area contributed by atoms with Crippen LogP contribution >= 0.6 is 0 Å². The van der Waals surface area contributed by atoms with Gasteiger partial charge in [-0.3, -0.25) is 4.21 Å². The Labute approximate surface area is 121 Å². The zero-order valence-corrected chi connectivity index (χ0v) is 12.5. The highest BCUT2D eigenvalue weighted by atomic mass is 32.2. The highest BCUT2D eigenvalue weighted by Gasteiger charge is 2.35. The number of rotatable bonds is 5. The molecule has 0 radical (unpaired) electrons. The minimum atomic E-state index is -1.07. The van der Waals surface area contributed by atoms with Crippen LogP contribution in [0.3, 0.4) is 0 Å². The number of carboxylic acids is 1. The van der Waals surface area contributed by atoms with E-state index < -0.39 is 16.8 Å². The van der Waals surface area contributed by atoms with Crippen molar-refractivity contribution in [3.63, 3.8) is 0 Å². The summed E-state index contributed by atoms with van der Waals surface area (Å²) in [7, 11) is -1.07. The quantitative estimate of drug-likeness (QED) is 0.901. The molecule has 0 aliphatic heterocycles. The van der Waals surface area contributed by atoms with Gasteiger partial charge in [0.15, 0.2) is 0 Å². The van der Waals surface area contributed by atoms with E-state index in [1.54, 1.807) is 6.07 Å². The van der Waals surface area contributed by atoms with Crippen molar-refractivity contribution in [3.05, 3.63) is 28.8 Å². The third-order valence-electron chi connectivity index (χ3n) is 4.48. The van der Waals surface area contributed by atoms with Gasteiger partial charge in [-0.05, 0) is 54.7 Å². The number of carboxylic acid groups (broad SMARTS) is 1. The molecular formula is C16H20O3S. The van der Waals surface area contributed by atoms with Crippen LogP contribution in [0.1, 0.15) is 72.3 Å². The molecule has 0 bridgehead atoms. The van der Waals surface area contributed by atoms with Gasteiger partial charge in [0, 0.05) is 10.6 Å². The Kier molecular flexibility index (Phi) is 3.67. The molecule has 20 heavy (non-hydrogen) atoms. The van der Waals surface area contributed by atoms with Crippen LogP contribution in [0.15, 0.2) is 17.0 Å². The molecule has 3 nitrogen and oxygen atoms in total. The maximum Gasteiger partial charge on any atom is 0.336 e. The van der Waals surface area contributed by atoms with Gasteiger partial charge in [-0.2, -0.15) is 0 Å². The van der Waals surface area contributed by atoms with Crippen molar-refractivity contribution in [2.24, 2.45) is 0 Å². The Morgan fingerprint density at radius 3 is 2.40 bits per heavy atom. The summed E-state index contributed by atoms with van der Waals surface area (Å²) in [4.78, 5) is 12.3. The van der Waals surface area contributed by atoms with Gasteiger partial charge < -0.3 is 5.11 Å². The minimum absolute atomic E-state index is 0.312. The lowest BCUT2D eigenvalue weighted by Gasteiger charge is -2.29. The number of carbonyl (C=O) groups is 1. The van der Waals surface area contributed by atoms with Gasteiger partial charge in [0.05, 0.1) is 16.4 Å². The van der Waals surface area contributed by atoms with Crippen molar-refractivity contribution in [3.8, 4) is 0 Å². The maximum atomic E-state index is 12.5. The van der Waals surface area contributed by atoms with Crippen LogP contribution in [0, 0.1) is 0 Å². The molecule has 108 valence electrons. The molecule has 0 aromatic heterocycles. The third kappa shape index (κ3) is 2.30. The van der Waals surface area contributed by atoms with Crippen LogP contribution in [0.4, 0.5) is 0 Å². The Morgan fingerprint density at radius 2 is 1.95 bits per heavy atom. The van der Waals surface area contributed by atoms with Crippen molar-refractivity contribution in [1.29, 1.82) is 0 Å². The van der Waals surface area contributed by atoms with Crippen molar-refractivity contribution in [2.45, 2.75) is 55.8 Å². The van der Waals surface area contributed by atoms with Gasteiger partial charge in [-0.15, -0.1) is 0 Å². The number of hydrogen-bond acceptors (Lipinski definition) is 2. The van der Waals surface area contributed by atoms with E-state index in [4.69, 9.17) is 0 Å². The monoisotopic (exact) mass is 292 g/mol. The fraction of sp³-hybridized carbons (Fsp3) is 0.562. The van der Waals surface area contributed by atoms with Crippen LogP contribution in [0.2, 0.25) is 0 Å². The summed E-state index contributed by atoms with van der Waals surface area (Å²) in [5, 5.41) is 9.42. The number of benzene rings is 1. The first kappa shape index (κ1) is 13.8. The highest BCUT2D eigenvalue weighted by Crippen LogP contribution is 2.48. The number of hydrogen-bond donors (Lipinski definition) is 1. The molecule has 2 aliphatic rings. The summed E-state index contributed by atoms with van der Waals surface area (Å²) in [6.45, 7) is 1.91. The fourth-order valence-electron chi connectivity index (χ4n) is 3.02. The Morgan fingerprint density at radius 1 is 1.25 bits per heavy atom. The summed E-state index contributed by atoms with van der Waals surface area (Å²) in [6, 6.07) is 3.65. The predicted molar refractivity (Wildman–Crippen MR) is 78.9 cm³/mol. The largest absolute Gasteiger partial charge is 0.478 e. The van der Waals surface area contributed by atoms with E-state index in [2.05, 4.69) is 0 Å². The Bertz CT molecular complexity index is 571. The van der Waals surface area contributed by atoms with E-state index in [0.29, 0.717) is 23.2 Å². The van der Waals surface area contributed by atoms with Crippen LogP contribution in [-0.4, -0.2) is 21.0 Å². The average molecular weight is 292 g/mol. The lowest BCUT2D eigenvalue weighted by molar-refractivity contribution is 0.0695. The molecule has 0 saturated heterocycles. The van der Waals surface area contributed by atoms with Crippen LogP contribution in [-0.2, 0) is 10.8 Å². The maximum absolute atomic E-state index is 12.5. The lowest BCUT2D eigenvalue weighted by atomic mass is 9.79. The van der Waals surface area contributed by atoms with Gasteiger partial charge in [0.25, 0.3) is 0 Å². The molecule has 0 heterocycles. The summed E-state index contributed by atoms with van der Waals surface area (Å²) in [6.07, 6.45) is 5.57. The second-order valence-electron chi connectivity index (χ2n) is 5.79. The van der Waals surface area contributed by atoms with Gasteiger partial charge in [0.2, 0.25) is 0 Å². The average Bonchev–Trinajstić information content (AvgIpc) is 3.19. The van der Waals surface area contributed by atoms with Gasteiger partial charge in [0.1, 0.15) is 0 Å². The van der Waals surface area contributed by atoms with Gasteiger partial charge >= 0.3 is 5.97 Å². The lowest BCUT2D eigenvalue weighted by Crippen LogP contribution is -2.16. The summed E-state index contributed by atoms with van der Waals surface area (Å²) >= 11 is 0. The van der Waals surface area contributed by atoms with Gasteiger partial charge in [-0.25, -0.2) is 4.79 Å². The van der Waals surface area contributed by atoms with E-state index in [1.165, 1.54) is 6.42 Å². The molecule has 1 atom stereocenters. The molecular weight excluding hydrogens is 272 g/mol. The van der Waals surface area contributed by atoms with E-state index in [-0.39, 0.29) is 0 Å². The molecule has 0 amide bonds. The first-order valence-electron chi connectivity index (χ1n) is 7.42. The van der Waals surface area contributed by atoms with Crippen molar-refractivity contribution < 1.29 is 14.1 Å². The zero-order valence-electron chi connectivity index (χ0n) is 11.7. The summed E-state index contributed by atoms with van der Waals surface area (Å²) in [5.74, 6) is 0.469. The molecule has 1 N–H and O–H groups in total. The summed E-state index contributed by atoms with van der Waals surface area (Å²) < 4.78 is 12.5. The topological polar surface area (TPSA) is 54.4 Å². The molecule has 0 unspecified atom stereocenters. The standard InChI is InChI=1S/C16H20O3S/c1-2-20(19)15-12(10-4-3-5-10)8-9-13(16(17)18)14(15)11-6-7-11/h8-11H,2-7H2,1H3,(H,17,18)/t20-/m0/s1. The highest BCUT2D eigenvalue weighted by molar-refractivity contribution is 7.85. The molecule has 2 aliphatic carbocycles. The van der Waals surface area contributed by atoms with Crippen LogP contribution in [0.5, 0.6) is 0 Å². The van der Waals surface area contributed by atoms with Crippen molar-refractivity contribution in [2.75, 3.05) is 5.75 Å². The Hall–Kier alpha value is -1.16. The van der Waals surface area contributed by atoms with E-state index in [9.17, 15) is 14.1 Å². The molecule has 4 heteroatoms. The van der Waals surface area contributed by atoms with E-state index in [1.807, 2.05) is 13.0 Å². The van der Waals surface area contributed by atoms with Crippen molar-refractivity contribution >= 4 is 16.8 Å².